The average Bonchev–Trinajstić information content (AvgIpc) is 2.65. The first-order chi connectivity index (χ1) is 7.70. The molecule has 1 aromatic carbocycles. The van der Waals surface area contributed by atoms with Crippen LogP contribution >= 0.6 is 11.6 Å². The molecule has 16 heavy (non-hydrogen) atoms. The summed E-state index contributed by atoms with van der Waals surface area (Å²) in [6.45, 7) is 2.27. The van der Waals surface area contributed by atoms with E-state index in [4.69, 9.17) is 16.9 Å². The Morgan fingerprint density at radius 1 is 1.44 bits per heavy atom. The van der Waals surface area contributed by atoms with E-state index in [1.54, 1.807) is 6.07 Å². The van der Waals surface area contributed by atoms with E-state index in [-0.39, 0.29) is 0 Å². The van der Waals surface area contributed by atoms with Crippen molar-refractivity contribution in [2.45, 2.75) is 32.2 Å². The molecule has 1 aliphatic rings. The zero-order chi connectivity index (χ0) is 11.5. The highest BCUT2D eigenvalue weighted by Crippen LogP contribution is 2.29. The van der Waals surface area contributed by atoms with Gasteiger partial charge in [-0.2, -0.15) is 5.26 Å². The lowest BCUT2D eigenvalue weighted by atomic mass is 10.1. The van der Waals surface area contributed by atoms with Gasteiger partial charge in [0.25, 0.3) is 0 Å². The number of halogens is 1. The first kappa shape index (κ1) is 11.3. The van der Waals surface area contributed by atoms with Crippen molar-refractivity contribution >= 4 is 17.3 Å². The maximum Gasteiger partial charge on any atom is 0.101 e. The van der Waals surface area contributed by atoms with Crippen LogP contribution in [0.1, 0.15) is 31.7 Å². The van der Waals surface area contributed by atoms with Crippen LogP contribution in [0.2, 0.25) is 5.02 Å². The van der Waals surface area contributed by atoms with Crippen LogP contribution in [0, 0.1) is 17.2 Å². The topological polar surface area (TPSA) is 35.8 Å². The lowest BCUT2D eigenvalue weighted by molar-refractivity contribution is 0.556. The molecule has 0 radical (unpaired) electrons. The smallest absolute Gasteiger partial charge is 0.101 e. The van der Waals surface area contributed by atoms with Gasteiger partial charge in [-0.25, -0.2) is 0 Å². The molecule has 1 aromatic rings. The highest BCUT2D eigenvalue weighted by molar-refractivity contribution is 6.32. The normalized spacial score (nSPS) is 24.1. The maximum absolute atomic E-state index is 8.78. The second kappa shape index (κ2) is 4.76. The summed E-state index contributed by atoms with van der Waals surface area (Å²) < 4.78 is 0. The number of rotatable bonds is 2. The summed E-state index contributed by atoms with van der Waals surface area (Å²) >= 11 is 5.99. The van der Waals surface area contributed by atoms with Gasteiger partial charge in [-0.15, -0.1) is 0 Å². The zero-order valence-corrected chi connectivity index (χ0v) is 10.1. The zero-order valence-electron chi connectivity index (χ0n) is 9.33. The fraction of sp³-hybridized carbons (Fsp3) is 0.462. The number of nitrogens with zero attached hydrogens (tertiary/aromatic N) is 1. The molecule has 1 aliphatic carbocycles. The second-order valence-electron chi connectivity index (χ2n) is 4.47. The summed E-state index contributed by atoms with van der Waals surface area (Å²) in [4.78, 5) is 0. The Labute approximate surface area is 101 Å². The van der Waals surface area contributed by atoms with E-state index in [1.165, 1.54) is 19.3 Å². The molecule has 1 fully saturated rings. The summed E-state index contributed by atoms with van der Waals surface area (Å²) in [7, 11) is 0. The highest BCUT2D eigenvalue weighted by Gasteiger charge is 2.22. The van der Waals surface area contributed by atoms with Crippen molar-refractivity contribution in [3.05, 3.63) is 28.8 Å². The molecular weight excluding hydrogens is 220 g/mol. The fourth-order valence-corrected chi connectivity index (χ4v) is 2.49. The molecular formula is C13H15ClN2. The largest absolute Gasteiger partial charge is 0.382 e. The van der Waals surface area contributed by atoms with E-state index in [2.05, 4.69) is 18.3 Å². The minimum Gasteiger partial charge on any atom is -0.382 e. The van der Waals surface area contributed by atoms with Crippen molar-refractivity contribution in [1.82, 2.24) is 0 Å². The molecule has 1 saturated carbocycles. The van der Waals surface area contributed by atoms with Crippen LogP contribution in [-0.4, -0.2) is 6.04 Å². The van der Waals surface area contributed by atoms with Crippen LogP contribution in [-0.2, 0) is 0 Å². The van der Waals surface area contributed by atoms with Crippen LogP contribution in [0.25, 0.3) is 0 Å². The van der Waals surface area contributed by atoms with Crippen molar-refractivity contribution < 1.29 is 0 Å². The number of nitriles is 1. The van der Waals surface area contributed by atoms with Crippen LogP contribution in [0.4, 0.5) is 5.69 Å². The van der Waals surface area contributed by atoms with Crippen molar-refractivity contribution in [3.63, 3.8) is 0 Å². The Bertz CT molecular complexity index is 422. The third-order valence-electron chi connectivity index (χ3n) is 3.30. The van der Waals surface area contributed by atoms with Gasteiger partial charge in [0, 0.05) is 11.7 Å². The van der Waals surface area contributed by atoms with Gasteiger partial charge in [0.2, 0.25) is 0 Å². The minimum absolute atomic E-state index is 0.526. The molecule has 2 rings (SSSR count). The number of hydrogen-bond acceptors (Lipinski definition) is 2. The maximum atomic E-state index is 8.78. The molecule has 84 valence electrons. The van der Waals surface area contributed by atoms with Gasteiger partial charge >= 0.3 is 0 Å². The molecule has 3 heteroatoms. The van der Waals surface area contributed by atoms with Crippen LogP contribution < -0.4 is 5.32 Å². The van der Waals surface area contributed by atoms with E-state index in [9.17, 15) is 0 Å². The van der Waals surface area contributed by atoms with Crippen molar-refractivity contribution in [2.75, 3.05) is 5.32 Å². The van der Waals surface area contributed by atoms with E-state index < -0.39 is 0 Å². The summed E-state index contributed by atoms with van der Waals surface area (Å²) in [5.74, 6) is 0.717. The molecule has 0 heterocycles. The minimum atomic E-state index is 0.526. The lowest BCUT2D eigenvalue weighted by Gasteiger charge is -2.18. The van der Waals surface area contributed by atoms with Crippen molar-refractivity contribution in [2.24, 2.45) is 5.92 Å². The Kier molecular flexibility index (Phi) is 3.36. The third-order valence-corrected chi connectivity index (χ3v) is 3.62. The van der Waals surface area contributed by atoms with E-state index in [0.717, 1.165) is 11.6 Å². The monoisotopic (exact) mass is 234 g/mol. The van der Waals surface area contributed by atoms with E-state index in [1.807, 2.05) is 12.1 Å². The summed E-state index contributed by atoms with van der Waals surface area (Å²) in [5.41, 5.74) is 1.55. The third kappa shape index (κ3) is 2.31. The van der Waals surface area contributed by atoms with E-state index >= 15 is 0 Å². The van der Waals surface area contributed by atoms with Gasteiger partial charge in [0.1, 0.15) is 6.07 Å². The molecule has 0 aliphatic heterocycles. The van der Waals surface area contributed by atoms with E-state index in [0.29, 0.717) is 16.6 Å². The predicted molar refractivity (Wildman–Crippen MR) is 66.6 cm³/mol. The highest BCUT2D eigenvalue weighted by atomic mass is 35.5. The van der Waals surface area contributed by atoms with Gasteiger partial charge in [-0.3, -0.25) is 0 Å². The number of nitrogens with one attached hydrogen (secondary N) is 1. The molecule has 2 unspecified atom stereocenters. The van der Waals surface area contributed by atoms with Gasteiger partial charge in [0.05, 0.1) is 10.6 Å². The molecule has 2 nitrogen and oxygen atoms in total. The Morgan fingerprint density at radius 3 is 2.81 bits per heavy atom. The van der Waals surface area contributed by atoms with Crippen molar-refractivity contribution in [1.29, 1.82) is 5.26 Å². The average molecular weight is 235 g/mol. The van der Waals surface area contributed by atoms with Gasteiger partial charge in [0.15, 0.2) is 0 Å². The van der Waals surface area contributed by atoms with Gasteiger partial charge in [-0.1, -0.05) is 24.9 Å². The molecule has 0 spiro atoms. The van der Waals surface area contributed by atoms with Gasteiger partial charge < -0.3 is 5.32 Å². The van der Waals surface area contributed by atoms with Crippen LogP contribution in [0.3, 0.4) is 0 Å². The molecule has 0 amide bonds. The summed E-state index contributed by atoms with van der Waals surface area (Å²) in [5, 5.41) is 12.8. The first-order valence-electron chi connectivity index (χ1n) is 5.67. The molecule has 0 bridgehead atoms. The second-order valence-corrected chi connectivity index (χ2v) is 4.87. The molecule has 0 aromatic heterocycles. The molecule has 0 saturated heterocycles. The first-order valence-corrected chi connectivity index (χ1v) is 6.04. The Morgan fingerprint density at radius 2 is 2.25 bits per heavy atom. The Hall–Kier alpha value is -1.20. The summed E-state index contributed by atoms with van der Waals surface area (Å²) in [6.07, 6.45) is 3.81. The fourth-order valence-electron chi connectivity index (χ4n) is 2.27. The predicted octanol–water partition coefficient (Wildman–Crippen LogP) is 3.81. The van der Waals surface area contributed by atoms with Crippen LogP contribution in [0.15, 0.2) is 18.2 Å². The molecule has 1 N–H and O–H groups in total. The quantitative estimate of drug-likeness (QED) is 0.845. The van der Waals surface area contributed by atoms with Crippen LogP contribution in [0.5, 0.6) is 0 Å². The Balaban J connectivity index is 2.11. The standard InChI is InChI=1S/C13H15ClN2/c1-9-3-2-4-13(9)16-11-6-5-10(8-15)12(14)7-11/h5-7,9,13,16H,2-4H2,1H3. The number of hydrogen-bond donors (Lipinski definition) is 1. The number of benzene rings is 1. The SMILES string of the molecule is CC1CCCC1Nc1ccc(C#N)c(Cl)c1. The molecule has 2 atom stereocenters. The van der Waals surface area contributed by atoms with Gasteiger partial charge in [-0.05, 0) is 37.0 Å². The summed E-state index contributed by atoms with van der Waals surface area (Å²) in [6, 6.07) is 8.14. The number of anilines is 1. The van der Waals surface area contributed by atoms with Crippen molar-refractivity contribution in [3.8, 4) is 6.07 Å². The lowest BCUT2D eigenvalue weighted by Crippen LogP contribution is -2.21.